The number of rotatable bonds is 1. The van der Waals surface area contributed by atoms with Gasteiger partial charge in [-0.3, -0.25) is 0 Å². The Balaban J connectivity index is 2.67. The molecule has 1 aliphatic heterocycles. The van der Waals surface area contributed by atoms with Crippen LogP contribution in [0.25, 0.3) is 0 Å². The second-order valence-corrected chi connectivity index (χ2v) is 5.35. The van der Waals surface area contributed by atoms with E-state index in [4.69, 9.17) is 4.74 Å². The van der Waals surface area contributed by atoms with Gasteiger partial charge >= 0.3 is 12.3 Å². The lowest BCUT2D eigenvalue weighted by atomic mass is 10.1. The highest BCUT2D eigenvalue weighted by atomic mass is 19.4. The number of piperazine rings is 1. The maximum atomic E-state index is 12.4. The second-order valence-electron chi connectivity index (χ2n) is 5.35. The molecule has 0 spiro atoms. The molecule has 0 bridgehead atoms. The first kappa shape index (κ1) is 15.1. The van der Waals surface area contributed by atoms with Gasteiger partial charge in [-0.1, -0.05) is 0 Å². The van der Waals surface area contributed by atoms with Crippen LogP contribution in [0.3, 0.4) is 0 Å². The Morgan fingerprint density at radius 1 is 1.39 bits per heavy atom. The first-order valence-corrected chi connectivity index (χ1v) is 5.85. The summed E-state index contributed by atoms with van der Waals surface area (Å²) in [6.45, 7) is 5.91. The number of carbonyl (C=O) groups is 1. The summed E-state index contributed by atoms with van der Waals surface area (Å²) in [4.78, 5) is 13.0. The number of nitrogens with zero attached hydrogens (tertiary/aromatic N) is 1. The molecular weight excluding hydrogens is 249 g/mol. The number of halogens is 3. The third-order valence-corrected chi connectivity index (χ3v) is 2.45. The van der Waals surface area contributed by atoms with Crippen molar-refractivity contribution >= 4 is 6.09 Å². The zero-order valence-corrected chi connectivity index (χ0v) is 10.8. The van der Waals surface area contributed by atoms with Crippen LogP contribution in [-0.4, -0.2) is 48.4 Å². The summed E-state index contributed by atoms with van der Waals surface area (Å²) in [5.41, 5.74) is -0.704. The van der Waals surface area contributed by atoms with Gasteiger partial charge in [-0.05, 0) is 20.8 Å². The largest absolute Gasteiger partial charge is 0.444 e. The third-order valence-electron chi connectivity index (χ3n) is 2.45. The number of hydrogen-bond acceptors (Lipinski definition) is 3. The minimum Gasteiger partial charge on any atom is -0.444 e. The van der Waals surface area contributed by atoms with Gasteiger partial charge in [0.25, 0.3) is 0 Å². The highest BCUT2D eigenvalue weighted by molar-refractivity contribution is 5.68. The van der Waals surface area contributed by atoms with Gasteiger partial charge in [0.05, 0.1) is 12.5 Å². The van der Waals surface area contributed by atoms with E-state index in [1.165, 1.54) is 0 Å². The van der Waals surface area contributed by atoms with Crippen LogP contribution < -0.4 is 5.32 Å². The number of ether oxygens (including phenoxy) is 1. The Hall–Kier alpha value is -0.980. The lowest BCUT2D eigenvalue weighted by Crippen LogP contribution is -2.55. The van der Waals surface area contributed by atoms with Crippen LogP contribution in [0.5, 0.6) is 0 Å². The van der Waals surface area contributed by atoms with Crippen molar-refractivity contribution in [3.63, 3.8) is 0 Å². The molecule has 0 radical (unpaired) electrons. The highest BCUT2D eigenvalue weighted by Gasteiger charge is 2.38. The van der Waals surface area contributed by atoms with Gasteiger partial charge in [-0.25, -0.2) is 4.79 Å². The Morgan fingerprint density at radius 2 is 2.00 bits per heavy atom. The van der Waals surface area contributed by atoms with Crippen molar-refractivity contribution in [3.8, 4) is 0 Å². The summed E-state index contributed by atoms with van der Waals surface area (Å²) in [5.74, 6) is 0. The Labute approximate surface area is 104 Å². The van der Waals surface area contributed by atoms with Crippen LogP contribution in [0.2, 0.25) is 0 Å². The minimum atomic E-state index is -4.29. The molecule has 106 valence electrons. The molecule has 1 aliphatic rings. The van der Waals surface area contributed by atoms with E-state index in [0.717, 1.165) is 4.90 Å². The van der Waals surface area contributed by atoms with Crippen molar-refractivity contribution in [2.24, 2.45) is 0 Å². The predicted molar refractivity (Wildman–Crippen MR) is 60.3 cm³/mol. The fourth-order valence-electron chi connectivity index (χ4n) is 1.77. The summed E-state index contributed by atoms with van der Waals surface area (Å²) >= 11 is 0. The average Bonchev–Trinajstić information content (AvgIpc) is 2.12. The van der Waals surface area contributed by atoms with Crippen molar-refractivity contribution in [2.75, 3.05) is 19.6 Å². The molecule has 18 heavy (non-hydrogen) atoms. The van der Waals surface area contributed by atoms with E-state index in [-0.39, 0.29) is 13.1 Å². The summed E-state index contributed by atoms with van der Waals surface area (Å²) in [6, 6.07) is -0.895. The predicted octanol–water partition coefficient (Wildman–Crippen LogP) is 2.15. The fourth-order valence-corrected chi connectivity index (χ4v) is 1.77. The molecule has 7 heteroatoms. The Kier molecular flexibility index (Phi) is 4.47. The summed E-state index contributed by atoms with van der Waals surface area (Å²) in [7, 11) is 0. The molecular formula is C11H19F3N2O2. The van der Waals surface area contributed by atoms with Crippen LogP contribution >= 0.6 is 0 Å². The van der Waals surface area contributed by atoms with Gasteiger partial charge in [0.1, 0.15) is 5.60 Å². The number of amides is 1. The smallest absolute Gasteiger partial charge is 0.410 e. The molecule has 1 saturated heterocycles. The quantitative estimate of drug-likeness (QED) is 0.792. The Morgan fingerprint density at radius 3 is 2.50 bits per heavy atom. The van der Waals surface area contributed by atoms with E-state index in [1.807, 2.05) is 0 Å². The number of hydrogen-bond donors (Lipinski definition) is 1. The topological polar surface area (TPSA) is 41.6 Å². The van der Waals surface area contributed by atoms with E-state index in [2.05, 4.69) is 5.32 Å². The van der Waals surface area contributed by atoms with Gasteiger partial charge < -0.3 is 15.0 Å². The molecule has 0 unspecified atom stereocenters. The van der Waals surface area contributed by atoms with Crippen molar-refractivity contribution in [3.05, 3.63) is 0 Å². The van der Waals surface area contributed by atoms with Crippen LogP contribution in [0.1, 0.15) is 27.2 Å². The molecule has 1 fully saturated rings. The van der Waals surface area contributed by atoms with Gasteiger partial charge in [0.2, 0.25) is 0 Å². The van der Waals surface area contributed by atoms with Crippen molar-refractivity contribution < 1.29 is 22.7 Å². The fraction of sp³-hybridized carbons (Fsp3) is 0.909. The monoisotopic (exact) mass is 268 g/mol. The molecule has 0 aromatic rings. The number of carbonyl (C=O) groups excluding carboxylic acids is 1. The molecule has 0 aromatic heterocycles. The zero-order valence-electron chi connectivity index (χ0n) is 10.8. The van der Waals surface area contributed by atoms with Crippen molar-refractivity contribution in [2.45, 2.75) is 45.0 Å². The zero-order chi connectivity index (χ0) is 14.0. The van der Waals surface area contributed by atoms with Crippen LogP contribution in [0, 0.1) is 0 Å². The normalized spacial score (nSPS) is 21.9. The van der Waals surface area contributed by atoms with Gasteiger partial charge in [0.15, 0.2) is 0 Å². The SMILES string of the molecule is CC(C)(C)OC(=O)N1CCNC[C@@H]1CC(F)(F)F. The summed E-state index contributed by atoms with van der Waals surface area (Å²) in [5, 5.41) is 2.86. The van der Waals surface area contributed by atoms with E-state index >= 15 is 0 Å². The maximum absolute atomic E-state index is 12.4. The number of nitrogens with one attached hydrogen (secondary N) is 1. The maximum Gasteiger partial charge on any atom is 0.410 e. The molecule has 1 heterocycles. The molecule has 1 N–H and O–H groups in total. The third kappa shape index (κ3) is 5.12. The first-order chi connectivity index (χ1) is 8.08. The lowest BCUT2D eigenvalue weighted by Gasteiger charge is -2.37. The molecule has 0 aromatic carbocycles. The summed E-state index contributed by atoms with van der Waals surface area (Å²) in [6.07, 6.45) is -5.98. The molecule has 1 rings (SSSR count). The molecule has 1 amide bonds. The van der Waals surface area contributed by atoms with Gasteiger partial charge in [-0.2, -0.15) is 13.2 Å². The van der Waals surface area contributed by atoms with E-state index < -0.39 is 30.3 Å². The van der Waals surface area contributed by atoms with Crippen molar-refractivity contribution in [1.82, 2.24) is 10.2 Å². The molecule has 4 nitrogen and oxygen atoms in total. The number of alkyl halides is 3. The van der Waals surface area contributed by atoms with Gasteiger partial charge in [-0.15, -0.1) is 0 Å². The second kappa shape index (κ2) is 5.34. The van der Waals surface area contributed by atoms with E-state index in [1.54, 1.807) is 20.8 Å². The summed E-state index contributed by atoms with van der Waals surface area (Å²) < 4.78 is 42.3. The van der Waals surface area contributed by atoms with Crippen LogP contribution in [0.4, 0.5) is 18.0 Å². The molecule has 0 saturated carbocycles. The highest BCUT2D eigenvalue weighted by Crippen LogP contribution is 2.25. The van der Waals surface area contributed by atoms with Gasteiger partial charge in [0, 0.05) is 19.6 Å². The van der Waals surface area contributed by atoms with E-state index in [9.17, 15) is 18.0 Å². The molecule has 1 atom stereocenters. The lowest BCUT2D eigenvalue weighted by molar-refractivity contribution is -0.147. The average molecular weight is 268 g/mol. The van der Waals surface area contributed by atoms with Crippen LogP contribution in [-0.2, 0) is 4.74 Å². The van der Waals surface area contributed by atoms with Crippen molar-refractivity contribution in [1.29, 1.82) is 0 Å². The Bertz CT molecular complexity index is 300. The standard InChI is InChI=1S/C11H19F3N2O2/c1-10(2,3)18-9(17)16-5-4-15-7-8(16)6-11(12,13)14/h8,15H,4-7H2,1-3H3/t8-/m0/s1. The van der Waals surface area contributed by atoms with E-state index in [0.29, 0.717) is 6.54 Å². The minimum absolute atomic E-state index is 0.138. The van der Waals surface area contributed by atoms with Crippen LogP contribution in [0.15, 0.2) is 0 Å². The molecule has 0 aliphatic carbocycles. The first-order valence-electron chi connectivity index (χ1n) is 5.85.